The Morgan fingerprint density at radius 2 is 2.12 bits per heavy atom. The van der Waals surface area contributed by atoms with Gasteiger partial charge in [0.1, 0.15) is 5.82 Å². The van der Waals surface area contributed by atoms with Crippen molar-refractivity contribution in [1.82, 2.24) is 19.7 Å². The predicted octanol–water partition coefficient (Wildman–Crippen LogP) is 3.48. The Balaban J connectivity index is 1.47. The van der Waals surface area contributed by atoms with E-state index in [9.17, 15) is 4.79 Å². The number of aromatic nitrogens is 4. The first-order valence-corrected chi connectivity index (χ1v) is 11.1. The maximum Gasteiger partial charge on any atom is 0.259 e. The smallest absolute Gasteiger partial charge is 0.259 e. The van der Waals surface area contributed by atoms with Crippen LogP contribution in [0.15, 0.2) is 47.5 Å². The molecule has 0 amide bonds. The molecule has 168 valence electrons. The fraction of sp³-hybridized carbons (Fsp3) is 0.292. The molecule has 0 aliphatic carbocycles. The van der Waals surface area contributed by atoms with Crippen LogP contribution >= 0.6 is 0 Å². The molecule has 9 heteroatoms. The van der Waals surface area contributed by atoms with Crippen LogP contribution in [-0.2, 0) is 11.3 Å². The number of aromatic amines is 1. The number of ether oxygens (including phenoxy) is 1. The molecule has 0 spiro atoms. The first kappa shape index (κ1) is 19.8. The molecule has 2 aliphatic rings. The molecule has 0 radical (unpaired) electrons. The molecule has 6 rings (SSSR count). The summed E-state index contributed by atoms with van der Waals surface area (Å²) in [6.07, 6.45) is 4.58. The normalized spacial score (nSPS) is 17.2. The molecule has 1 aromatic carbocycles. The second-order valence-electron chi connectivity index (χ2n) is 8.52. The minimum absolute atomic E-state index is 0.175. The van der Waals surface area contributed by atoms with Gasteiger partial charge in [-0.05, 0) is 18.6 Å². The summed E-state index contributed by atoms with van der Waals surface area (Å²) in [5.41, 5.74) is 6.64. The zero-order chi connectivity index (χ0) is 22.5. The summed E-state index contributed by atoms with van der Waals surface area (Å²) in [6, 6.07) is 10.2. The molecular formula is C24H25N7O2. The summed E-state index contributed by atoms with van der Waals surface area (Å²) in [7, 11) is 3.91. The summed E-state index contributed by atoms with van der Waals surface area (Å²) in [5, 5.41) is 11.9. The third kappa shape index (κ3) is 3.15. The number of benzene rings is 1. The van der Waals surface area contributed by atoms with Crippen LogP contribution < -0.4 is 21.1 Å². The second-order valence-corrected chi connectivity index (χ2v) is 8.52. The van der Waals surface area contributed by atoms with E-state index < -0.39 is 0 Å². The van der Waals surface area contributed by atoms with Gasteiger partial charge in [0.15, 0.2) is 0 Å². The van der Waals surface area contributed by atoms with Gasteiger partial charge in [-0.2, -0.15) is 5.10 Å². The zero-order valence-corrected chi connectivity index (χ0v) is 18.6. The van der Waals surface area contributed by atoms with E-state index in [1.807, 2.05) is 37.5 Å². The lowest BCUT2D eigenvalue weighted by Gasteiger charge is -2.31. The van der Waals surface area contributed by atoms with Crippen molar-refractivity contribution in [2.75, 3.05) is 42.8 Å². The van der Waals surface area contributed by atoms with Gasteiger partial charge >= 0.3 is 0 Å². The van der Waals surface area contributed by atoms with E-state index in [0.29, 0.717) is 35.1 Å². The van der Waals surface area contributed by atoms with Gasteiger partial charge in [-0.3, -0.25) is 9.48 Å². The Bertz CT molecular complexity index is 1420. The van der Waals surface area contributed by atoms with Crippen LogP contribution in [0.2, 0.25) is 0 Å². The second kappa shape index (κ2) is 7.63. The molecule has 1 saturated heterocycles. The first-order valence-electron chi connectivity index (χ1n) is 11.1. The van der Waals surface area contributed by atoms with Crippen LogP contribution in [0.3, 0.4) is 0 Å². The minimum Gasteiger partial charge on any atom is -0.379 e. The summed E-state index contributed by atoms with van der Waals surface area (Å²) < 4.78 is 7.73. The third-order valence-corrected chi connectivity index (χ3v) is 6.50. The number of nitrogens with zero attached hydrogens (tertiary/aromatic N) is 4. The Morgan fingerprint density at radius 1 is 1.21 bits per heavy atom. The van der Waals surface area contributed by atoms with E-state index in [1.54, 1.807) is 6.20 Å². The largest absolute Gasteiger partial charge is 0.379 e. The Labute approximate surface area is 190 Å². The summed E-state index contributed by atoms with van der Waals surface area (Å²) in [4.78, 5) is 22.2. The van der Waals surface area contributed by atoms with Crippen molar-refractivity contribution in [2.24, 2.45) is 0 Å². The highest BCUT2D eigenvalue weighted by Crippen LogP contribution is 2.44. The van der Waals surface area contributed by atoms with Crippen LogP contribution in [0, 0.1) is 0 Å². The van der Waals surface area contributed by atoms with Crippen LogP contribution in [-0.4, -0.2) is 47.1 Å². The topological polar surface area (TPSA) is 100 Å². The predicted molar refractivity (Wildman–Crippen MR) is 129 cm³/mol. The van der Waals surface area contributed by atoms with Gasteiger partial charge in [-0.15, -0.1) is 0 Å². The van der Waals surface area contributed by atoms with Crippen molar-refractivity contribution in [3.8, 4) is 11.1 Å². The van der Waals surface area contributed by atoms with Gasteiger partial charge in [-0.1, -0.05) is 12.1 Å². The van der Waals surface area contributed by atoms with Crippen molar-refractivity contribution in [1.29, 1.82) is 0 Å². The SMILES string of the molecule is CNc1cc(Nc2cccc3c2N(C)Cc2c-3cnn2C2CCOC2)c2c(=O)[nH]ccc2n1. The van der Waals surface area contributed by atoms with E-state index in [-0.39, 0.29) is 5.56 Å². The average molecular weight is 444 g/mol. The number of fused-ring (bicyclic) bond motifs is 4. The van der Waals surface area contributed by atoms with Gasteiger partial charge in [0.25, 0.3) is 5.56 Å². The van der Waals surface area contributed by atoms with E-state index in [1.165, 1.54) is 5.69 Å². The molecule has 0 bridgehead atoms. The standard InChI is InChI=1S/C24H25N7O2/c1-25-21-10-19(22-17(29-21)6-8-26-24(22)32)28-18-5-3-4-15-16-11-27-31(14-7-9-33-13-14)20(16)12-30(2)23(15)18/h3-6,8,10-11,14H,7,9,12-13H2,1-2H3,(H,26,32)(H2,25,28,29). The molecule has 0 saturated carbocycles. The molecule has 33 heavy (non-hydrogen) atoms. The molecule has 5 heterocycles. The average Bonchev–Trinajstić information content (AvgIpc) is 3.49. The number of hydrogen-bond donors (Lipinski definition) is 3. The lowest BCUT2D eigenvalue weighted by Crippen LogP contribution is -2.26. The van der Waals surface area contributed by atoms with Crippen LogP contribution in [0.1, 0.15) is 18.2 Å². The molecule has 9 nitrogen and oxygen atoms in total. The van der Waals surface area contributed by atoms with Crippen LogP contribution in [0.5, 0.6) is 0 Å². The van der Waals surface area contributed by atoms with Crippen LogP contribution in [0.25, 0.3) is 22.0 Å². The Morgan fingerprint density at radius 3 is 2.94 bits per heavy atom. The number of H-pyrrole nitrogens is 1. The summed E-state index contributed by atoms with van der Waals surface area (Å²) >= 11 is 0. The molecule has 3 aromatic heterocycles. The van der Waals surface area contributed by atoms with E-state index in [4.69, 9.17) is 9.84 Å². The number of pyridine rings is 2. The number of rotatable bonds is 4. The van der Waals surface area contributed by atoms with E-state index >= 15 is 0 Å². The Hall–Kier alpha value is -3.85. The molecule has 3 N–H and O–H groups in total. The maximum atomic E-state index is 12.6. The minimum atomic E-state index is -0.175. The number of anilines is 4. The van der Waals surface area contributed by atoms with Crippen molar-refractivity contribution >= 4 is 33.8 Å². The van der Waals surface area contributed by atoms with E-state index in [2.05, 4.69) is 43.3 Å². The van der Waals surface area contributed by atoms with Gasteiger partial charge < -0.3 is 25.3 Å². The van der Waals surface area contributed by atoms with Gasteiger partial charge in [0.05, 0.1) is 59.0 Å². The summed E-state index contributed by atoms with van der Waals surface area (Å²) in [5.74, 6) is 0.691. The fourth-order valence-electron chi connectivity index (χ4n) is 4.94. The molecule has 4 aromatic rings. The third-order valence-electron chi connectivity index (χ3n) is 6.50. The lowest BCUT2D eigenvalue weighted by molar-refractivity contribution is 0.184. The lowest BCUT2D eigenvalue weighted by atomic mass is 9.97. The number of nitrogens with one attached hydrogen (secondary N) is 3. The highest BCUT2D eigenvalue weighted by atomic mass is 16.5. The molecule has 2 aliphatic heterocycles. The molecular weight excluding hydrogens is 418 g/mol. The fourth-order valence-corrected chi connectivity index (χ4v) is 4.94. The highest BCUT2D eigenvalue weighted by Gasteiger charge is 2.29. The van der Waals surface area contributed by atoms with Crippen molar-refractivity contribution in [3.63, 3.8) is 0 Å². The zero-order valence-electron chi connectivity index (χ0n) is 18.6. The van der Waals surface area contributed by atoms with Gasteiger partial charge in [-0.25, -0.2) is 4.98 Å². The van der Waals surface area contributed by atoms with Crippen molar-refractivity contribution in [2.45, 2.75) is 19.0 Å². The molecule has 1 unspecified atom stereocenters. The maximum absolute atomic E-state index is 12.6. The van der Waals surface area contributed by atoms with E-state index in [0.717, 1.165) is 42.1 Å². The van der Waals surface area contributed by atoms with Gasteiger partial charge in [0, 0.05) is 44.1 Å². The quantitative estimate of drug-likeness (QED) is 0.444. The molecule has 1 fully saturated rings. The molecule has 1 atom stereocenters. The van der Waals surface area contributed by atoms with Gasteiger partial charge in [0.2, 0.25) is 0 Å². The van der Waals surface area contributed by atoms with Crippen molar-refractivity contribution < 1.29 is 4.74 Å². The number of hydrogen-bond acceptors (Lipinski definition) is 7. The Kier molecular flexibility index (Phi) is 4.58. The monoisotopic (exact) mass is 443 g/mol. The highest BCUT2D eigenvalue weighted by molar-refractivity contribution is 5.98. The van der Waals surface area contributed by atoms with Crippen molar-refractivity contribution in [3.05, 3.63) is 58.8 Å². The summed E-state index contributed by atoms with van der Waals surface area (Å²) in [6.45, 7) is 2.24. The van der Waals surface area contributed by atoms with Crippen LogP contribution in [0.4, 0.5) is 22.9 Å². The number of para-hydroxylation sites is 1. The first-order chi connectivity index (χ1) is 16.1.